The monoisotopic (exact) mass is 280 g/mol. The second kappa shape index (κ2) is 4.88. The molecule has 1 heterocycles. The summed E-state index contributed by atoms with van der Waals surface area (Å²) in [4.78, 5) is 4.23. The third-order valence-electron chi connectivity index (χ3n) is 3.21. The van der Waals surface area contributed by atoms with Gasteiger partial charge in [0.05, 0.1) is 4.90 Å². The molecule has 0 saturated heterocycles. The molecule has 0 radical (unpaired) electrons. The van der Waals surface area contributed by atoms with Crippen molar-refractivity contribution in [1.82, 2.24) is 4.98 Å². The van der Waals surface area contributed by atoms with Crippen LogP contribution in [0.25, 0.3) is 10.8 Å². The number of aryl methyl sites for hydroxylation is 1. The summed E-state index contributed by atoms with van der Waals surface area (Å²) in [6.07, 6.45) is 1.82. The van der Waals surface area contributed by atoms with Crippen molar-refractivity contribution in [3.05, 3.63) is 36.2 Å². The molecular formula is C13H16N2O3S. The maximum absolute atomic E-state index is 12.5. The molecule has 6 heteroatoms. The molecule has 0 amide bonds. The van der Waals surface area contributed by atoms with E-state index < -0.39 is 21.3 Å². The maximum Gasteiger partial charge on any atom is 0.185 e. The van der Waals surface area contributed by atoms with Gasteiger partial charge in [0.2, 0.25) is 0 Å². The van der Waals surface area contributed by atoms with Crippen LogP contribution in [0.15, 0.2) is 35.5 Å². The van der Waals surface area contributed by atoms with Crippen molar-refractivity contribution in [2.45, 2.75) is 30.2 Å². The van der Waals surface area contributed by atoms with Crippen molar-refractivity contribution in [2.75, 3.05) is 0 Å². The molecular weight excluding hydrogens is 264 g/mol. The third kappa shape index (κ3) is 2.34. The number of fused-ring (bicyclic) bond motifs is 1. The summed E-state index contributed by atoms with van der Waals surface area (Å²) in [5, 5.41) is 9.66. The molecule has 2 atom stereocenters. The van der Waals surface area contributed by atoms with Gasteiger partial charge in [-0.15, -0.1) is 0 Å². The van der Waals surface area contributed by atoms with Crippen LogP contribution in [0.4, 0.5) is 0 Å². The highest BCUT2D eigenvalue weighted by Gasteiger charge is 2.29. The molecule has 3 N–H and O–H groups in total. The van der Waals surface area contributed by atoms with Crippen LogP contribution in [-0.2, 0) is 9.84 Å². The summed E-state index contributed by atoms with van der Waals surface area (Å²) >= 11 is 0. The highest BCUT2D eigenvalue weighted by Crippen LogP contribution is 2.28. The molecule has 2 aromatic rings. The van der Waals surface area contributed by atoms with Crippen LogP contribution in [-0.4, -0.2) is 30.0 Å². The van der Waals surface area contributed by atoms with Crippen molar-refractivity contribution in [2.24, 2.45) is 5.73 Å². The summed E-state index contributed by atoms with van der Waals surface area (Å²) in [6.45, 7) is 3.20. The summed E-state index contributed by atoms with van der Waals surface area (Å²) in [5.74, 6) is 0. The SMILES string of the molecule is Cc1cncc2cccc(S(=O)(=O)C(C)[C@H](N)O)c12. The van der Waals surface area contributed by atoms with Gasteiger partial charge in [0, 0.05) is 23.2 Å². The Bertz CT molecular complexity index is 706. The quantitative estimate of drug-likeness (QED) is 0.818. The number of aliphatic hydroxyl groups is 1. The zero-order valence-corrected chi connectivity index (χ0v) is 11.6. The van der Waals surface area contributed by atoms with Gasteiger partial charge in [0.25, 0.3) is 0 Å². The molecule has 0 saturated carbocycles. The first-order valence-corrected chi connectivity index (χ1v) is 7.41. The molecule has 0 spiro atoms. The normalized spacial score (nSPS) is 15.4. The van der Waals surface area contributed by atoms with E-state index in [2.05, 4.69) is 4.98 Å². The fourth-order valence-electron chi connectivity index (χ4n) is 1.99. The number of hydrogen-bond donors (Lipinski definition) is 2. The minimum absolute atomic E-state index is 0.182. The molecule has 1 aromatic heterocycles. The molecule has 0 aliphatic rings. The summed E-state index contributed by atoms with van der Waals surface area (Å²) in [5.41, 5.74) is 6.08. The molecule has 0 aliphatic carbocycles. The van der Waals surface area contributed by atoms with E-state index in [1.165, 1.54) is 13.0 Å². The fourth-order valence-corrected chi connectivity index (χ4v) is 3.59. The lowest BCUT2D eigenvalue weighted by atomic mass is 10.1. The largest absolute Gasteiger partial charge is 0.377 e. The molecule has 0 bridgehead atoms. The van der Waals surface area contributed by atoms with E-state index >= 15 is 0 Å². The van der Waals surface area contributed by atoms with Crippen LogP contribution < -0.4 is 5.73 Å². The zero-order valence-electron chi connectivity index (χ0n) is 10.7. The Balaban J connectivity index is 2.77. The lowest BCUT2D eigenvalue weighted by molar-refractivity contribution is 0.180. The average Bonchev–Trinajstić information content (AvgIpc) is 2.37. The lowest BCUT2D eigenvalue weighted by Crippen LogP contribution is -2.38. The standard InChI is InChI=1S/C13H16N2O3S/c1-8-6-15-7-10-4-3-5-11(12(8)10)19(17,18)9(2)13(14)16/h3-7,9,13,16H,14H2,1-2H3/t9?,13-/m1/s1. The summed E-state index contributed by atoms with van der Waals surface area (Å²) in [6, 6.07) is 4.99. The van der Waals surface area contributed by atoms with Crippen LogP contribution in [0.5, 0.6) is 0 Å². The van der Waals surface area contributed by atoms with E-state index in [1.54, 1.807) is 31.5 Å². The number of sulfone groups is 1. The van der Waals surface area contributed by atoms with Crippen molar-refractivity contribution in [1.29, 1.82) is 0 Å². The number of aromatic nitrogens is 1. The second-order valence-corrected chi connectivity index (χ2v) is 6.82. The first-order valence-electron chi connectivity index (χ1n) is 5.86. The minimum Gasteiger partial charge on any atom is -0.377 e. The summed E-state index contributed by atoms with van der Waals surface area (Å²) < 4.78 is 25.0. The van der Waals surface area contributed by atoms with E-state index in [9.17, 15) is 13.5 Å². The fraction of sp³-hybridized carbons (Fsp3) is 0.308. The number of hydrogen-bond acceptors (Lipinski definition) is 5. The first kappa shape index (κ1) is 13.9. The Kier molecular flexibility index (Phi) is 3.58. The second-order valence-electron chi connectivity index (χ2n) is 4.55. The molecule has 1 unspecified atom stereocenters. The molecule has 0 fully saturated rings. The minimum atomic E-state index is -3.69. The Morgan fingerprint density at radius 1 is 1.32 bits per heavy atom. The number of nitrogens with zero attached hydrogens (tertiary/aromatic N) is 1. The van der Waals surface area contributed by atoms with Gasteiger partial charge in [-0.25, -0.2) is 8.42 Å². The predicted molar refractivity (Wildman–Crippen MR) is 73.3 cm³/mol. The van der Waals surface area contributed by atoms with Gasteiger partial charge in [-0.1, -0.05) is 12.1 Å². The van der Waals surface area contributed by atoms with Gasteiger partial charge in [-0.2, -0.15) is 0 Å². The van der Waals surface area contributed by atoms with E-state index in [1.807, 2.05) is 0 Å². The molecule has 5 nitrogen and oxygen atoms in total. The lowest BCUT2D eigenvalue weighted by Gasteiger charge is -2.17. The van der Waals surface area contributed by atoms with Gasteiger partial charge >= 0.3 is 0 Å². The Morgan fingerprint density at radius 3 is 2.63 bits per heavy atom. The van der Waals surface area contributed by atoms with Crippen molar-refractivity contribution in [3.8, 4) is 0 Å². The number of benzene rings is 1. The number of rotatable bonds is 3. The highest BCUT2D eigenvalue weighted by atomic mass is 32.2. The smallest absolute Gasteiger partial charge is 0.185 e. The summed E-state index contributed by atoms with van der Waals surface area (Å²) in [7, 11) is -3.69. The molecule has 0 aliphatic heterocycles. The molecule has 19 heavy (non-hydrogen) atoms. The predicted octanol–water partition coefficient (Wildman–Crippen LogP) is 0.983. The Hall–Kier alpha value is -1.50. The first-order chi connectivity index (χ1) is 8.85. The topological polar surface area (TPSA) is 93.3 Å². The van der Waals surface area contributed by atoms with E-state index in [0.29, 0.717) is 5.39 Å². The third-order valence-corrected chi connectivity index (χ3v) is 5.42. The Morgan fingerprint density at radius 2 is 2.00 bits per heavy atom. The zero-order chi connectivity index (χ0) is 14.2. The van der Waals surface area contributed by atoms with Gasteiger partial charge < -0.3 is 10.8 Å². The van der Waals surface area contributed by atoms with Crippen LogP contribution >= 0.6 is 0 Å². The van der Waals surface area contributed by atoms with Crippen molar-refractivity contribution < 1.29 is 13.5 Å². The van der Waals surface area contributed by atoms with Crippen molar-refractivity contribution in [3.63, 3.8) is 0 Å². The van der Waals surface area contributed by atoms with Gasteiger partial charge in [-0.05, 0) is 25.5 Å². The van der Waals surface area contributed by atoms with Crippen molar-refractivity contribution >= 4 is 20.6 Å². The molecule has 2 rings (SSSR count). The van der Waals surface area contributed by atoms with Crippen LogP contribution in [0, 0.1) is 6.92 Å². The highest BCUT2D eigenvalue weighted by molar-refractivity contribution is 7.92. The number of nitrogens with two attached hydrogens (primary N) is 1. The van der Waals surface area contributed by atoms with Crippen LogP contribution in [0.1, 0.15) is 12.5 Å². The maximum atomic E-state index is 12.5. The van der Waals surface area contributed by atoms with E-state index in [0.717, 1.165) is 10.9 Å². The average molecular weight is 280 g/mol. The molecule has 102 valence electrons. The number of aliphatic hydroxyl groups excluding tert-OH is 1. The van der Waals surface area contributed by atoms with Gasteiger partial charge in [0.15, 0.2) is 9.84 Å². The molecule has 1 aromatic carbocycles. The Labute approximate surface area is 112 Å². The van der Waals surface area contributed by atoms with Gasteiger partial charge in [-0.3, -0.25) is 4.98 Å². The van der Waals surface area contributed by atoms with Gasteiger partial charge in [0.1, 0.15) is 11.5 Å². The van der Waals surface area contributed by atoms with E-state index in [4.69, 9.17) is 5.73 Å². The van der Waals surface area contributed by atoms with Crippen LogP contribution in [0.3, 0.4) is 0 Å². The van der Waals surface area contributed by atoms with Crippen LogP contribution in [0.2, 0.25) is 0 Å². The van der Waals surface area contributed by atoms with E-state index in [-0.39, 0.29) is 4.90 Å². The number of pyridine rings is 1.